The zero-order valence-electron chi connectivity index (χ0n) is 6.65. The Hall–Kier alpha value is -0.540. The molecule has 0 bridgehead atoms. The van der Waals surface area contributed by atoms with Crippen LogP contribution in [0.25, 0.3) is 0 Å². The van der Waals surface area contributed by atoms with E-state index in [-0.39, 0.29) is 5.75 Å². The fraction of sp³-hybridized carbons (Fsp3) is 0.250. The minimum Gasteiger partial charge on any atom is -0.420 e. The summed E-state index contributed by atoms with van der Waals surface area (Å²) in [7, 11) is 0. The molecule has 0 aromatic heterocycles. The lowest BCUT2D eigenvalue weighted by Crippen LogP contribution is -2.16. The highest BCUT2D eigenvalue weighted by atomic mass is 35.5. The van der Waals surface area contributed by atoms with Gasteiger partial charge in [-0.25, -0.2) is 0 Å². The van der Waals surface area contributed by atoms with Crippen molar-refractivity contribution < 1.29 is 13.5 Å². The van der Waals surface area contributed by atoms with Crippen molar-refractivity contribution in [2.24, 2.45) is 0 Å². The molecule has 72 valence electrons. The molecule has 0 spiro atoms. The van der Waals surface area contributed by atoms with E-state index >= 15 is 0 Å². The Bertz CT molecular complexity index is 310. The van der Waals surface area contributed by atoms with Crippen molar-refractivity contribution >= 4 is 23.2 Å². The summed E-state index contributed by atoms with van der Waals surface area (Å²) in [6, 6.07) is 4.46. The molecule has 5 heteroatoms. The molecule has 0 N–H and O–H groups in total. The Kier molecular flexibility index (Phi) is 2.98. The summed E-state index contributed by atoms with van der Waals surface area (Å²) in [5.74, 6) is -0.0208. The van der Waals surface area contributed by atoms with E-state index in [2.05, 4.69) is 16.3 Å². The summed E-state index contributed by atoms with van der Waals surface area (Å²) in [5, 5.41) is 0.360. The zero-order valence-corrected chi connectivity index (χ0v) is 8.16. The smallest absolute Gasteiger partial charge is 0.420 e. The van der Waals surface area contributed by atoms with Crippen molar-refractivity contribution in [3.63, 3.8) is 0 Å². The highest BCUT2D eigenvalue weighted by Crippen LogP contribution is 2.30. The van der Waals surface area contributed by atoms with Crippen LogP contribution in [0.4, 0.5) is 8.78 Å². The third kappa shape index (κ3) is 3.01. The van der Waals surface area contributed by atoms with E-state index in [9.17, 15) is 8.78 Å². The Balaban J connectivity index is 2.96. The standard InChI is InChI=1S/C8H6Cl2F2O/c1-5-6(9)3-2-4-7(5)13-8(10,11)12/h2-4H,1H3. The highest BCUT2D eigenvalue weighted by molar-refractivity contribution is 6.31. The van der Waals surface area contributed by atoms with E-state index in [0.717, 1.165) is 0 Å². The molecular weight excluding hydrogens is 221 g/mol. The minimum absolute atomic E-state index is 0.0208. The van der Waals surface area contributed by atoms with Crippen LogP contribution in [0.5, 0.6) is 5.75 Å². The minimum atomic E-state index is -3.70. The van der Waals surface area contributed by atoms with Crippen LogP contribution in [0.1, 0.15) is 5.56 Å². The molecule has 1 aromatic carbocycles. The molecule has 1 aromatic rings. The van der Waals surface area contributed by atoms with Crippen molar-refractivity contribution in [1.29, 1.82) is 0 Å². The molecule has 0 aliphatic heterocycles. The van der Waals surface area contributed by atoms with E-state index in [0.29, 0.717) is 10.6 Å². The summed E-state index contributed by atoms with van der Waals surface area (Å²) in [6.07, 6.45) is 0. The molecule has 0 aliphatic carbocycles. The van der Waals surface area contributed by atoms with Gasteiger partial charge in [0.05, 0.1) is 0 Å². The quantitative estimate of drug-likeness (QED) is 0.698. The van der Waals surface area contributed by atoms with E-state index in [1.807, 2.05) is 0 Å². The largest absolute Gasteiger partial charge is 0.487 e. The maximum absolute atomic E-state index is 12.2. The molecule has 0 unspecified atom stereocenters. The van der Waals surface area contributed by atoms with Gasteiger partial charge in [-0.1, -0.05) is 17.7 Å². The highest BCUT2D eigenvalue weighted by Gasteiger charge is 2.28. The molecule has 0 aliphatic rings. The summed E-state index contributed by atoms with van der Waals surface area (Å²) in [4.78, 5) is 0. The lowest BCUT2D eigenvalue weighted by atomic mass is 10.2. The number of alkyl halides is 3. The number of hydrogen-bond donors (Lipinski definition) is 0. The number of ether oxygens (including phenoxy) is 1. The van der Waals surface area contributed by atoms with Crippen molar-refractivity contribution in [3.05, 3.63) is 28.8 Å². The van der Waals surface area contributed by atoms with Gasteiger partial charge >= 0.3 is 5.57 Å². The van der Waals surface area contributed by atoms with Gasteiger partial charge < -0.3 is 4.74 Å². The Labute approximate surface area is 84.2 Å². The molecule has 0 fully saturated rings. The van der Waals surface area contributed by atoms with Crippen molar-refractivity contribution in [2.45, 2.75) is 12.5 Å². The van der Waals surface area contributed by atoms with Crippen molar-refractivity contribution in [3.8, 4) is 5.75 Å². The summed E-state index contributed by atoms with van der Waals surface area (Å²) < 4.78 is 28.6. The number of halogens is 4. The molecule has 0 heterocycles. The molecule has 0 saturated heterocycles. The maximum atomic E-state index is 12.2. The molecule has 1 rings (SSSR count). The van der Waals surface area contributed by atoms with Crippen molar-refractivity contribution in [1.82, 2.24) is 0 Å². The normalized spacial score (nSPS) is 11.5. The second-order valence-electron chi connectivity index (χ2n) is 2.41. The first-order valence-electron chi connectivity index (χ1n) is 3.41. The topological polar surface area (TPSA) is 9.23 Å². The first-order chi connectivity index (χ1) is 5.90. The Morgan fingerprint density at radius 2 is 2.00 bits per heavy atom. The molecule has 1 nitrogen and oxygen atoms in total. The first kappa shape index (κ1) is 10.5. The Morgan fingerprint density at radius 3 is 2.54 bits per heavy atom. The van der Waals surface area contributed by atoms with Gasteiger partial charge in [0, 0.05) is 22.2 Å². The third-order valence-electron chi connectivity index (χ3n) is 1.44. The predicted molar refractivity (Wildman–Crippen MR) is 47.6 cm³/mol. The molecule has 0 radical (unpaired) electrons. The lowest BCUT2D eigenvalue weighted by Gasteiger charge is -2.12. The van der Waals surface area contributed by atoms with Gasteiger partial charge in [-0.3, -0.25) is 0 Å². The van der Waals surface area contributed by atoms with Gasteiger partial charge in [-0.15, -0.1) is 8.78 Å². The number of hydrogen-bond acceptors (Lipinski definition) is 1. The predicted octanol–water partition coefficient (Wildman–Crippen LogP) is 3.82. The molecule has 13 heavy (non-hydrogen) atoms. The second kappa shape index (κ2) is 3.68. The lowest BCUT2D eigenvalue weighted by molar-refractivity contribution is -0.0968. The fourth-order valence-corrected chi connectivity index (χ4v) is 1.07. The van der Waals surface area contributed by atoms with Gasteiger partial charge in [0.1, 0.15) is 5.75 Å². The van der Waals surface area contributed by atoms with Crippen LogP contribution < -0.4 is 4.74 Å². The second-order valence-corrected chi connectivity index (χ2v) is 3.26. The number of rotatable bonds is 2. The van der Waals surface area contributed by atoms with Crippen LogP contribution in [-0.4, -0.2) is 5.57 Å². The van der Waals surface area contributed by atoms with E-state index in [1.165, 1.54) is 12.1 Å². The third-order valence-corrected chi connectivity index (χ3v) is 1.93. The summed E-state index contributed by atoms with van der Waals surface area (Å²) in [6.45, 7) is 1.57. The van der Waals surface area contributed by atoms with E-state index in [4.69, 9.17) is 11.6 Å². The summed E-state index contributed by atoms with van der Waals surface area (Å²) >= 11 is 10.3. The van der Waals surface area contributed by atoms with Crippen LogP contribution in [0.2, 0.25) is 5.02 Å². The van der Waals surface area contributed by atoms with Gasteiger partial charge in [-0.05, 0) is 19.1 Å². The maximum Gasteiger partial charge on any atom is 0.487 e. The van der Waals surface area contributed by atoms with Crippen LogP contribution in [0.3, 0.4) is 0 Å². The zero-order chi connectivity index (χ0) is 10.1. The first-order valence-corrected chi connectivity index (χ1v) is 4.16. The van der Waals surface area contributed by atoms with Crippen LogP contribution in [0, 0.1) is 6.92 Å². The monoisotopic (exact) mass is 226 g/mol. The number of benzene rings is 1. The van der Waals surface area contributed by atoms with Gasteiger partial charge in [0.15, 0.2) is 0 Å². The van der Waals surface area contributed by atoms with Gasteiger partial charge in [-0.2, -0.15) is 0 Å². The Morgan fingerprint density at radius 1 is 1.38 bits per heavy atom. The fourth-order valence-electron chi connectivity index (χ4n) is 0.823. The molecule has 0 atom stereocenters. The molecule has 0 amide bonds. The summed E-state index contributed by atoms with van der Waals surface area (Å²) in [5.41, 5.74) is -3.26. The van der Waals surface area contributed by atoms with Crippen LogP contribution in [-0.2, 0) is 0 Å². The molecular formula is C8H6Cl2F2O. The van der Waals surface area contributed by atoms with Gasteiger partial charge in [0.25, 0.3) is 0 Å². The van der Waals surface area contributed by atoms with Gasteiger partial charge in [0.2, 0.25) is 0 Å². The van der Waals surface area contributed by atoms with Crippen molar-refractivity contribution in [2.75, 3.05) is 0 Å². The average molecular weight is 227 g/mol. The molecule has 0 saturated carbocycles. The van der Waals surface area contributed by atoms with Crippen LogP contribution in [0.15, 0.2) is 18.2 Å². The average Bonchev–Trinajstić information content (AvgIpc) is 1.96. The van der Waals surface area contributed by atoms with E-state index < -0.39 is 5.57 Å². The van der Waals surface area contributed by atoms with E-state index in [1.54, 1.807) is 13.0 Å². The SMILES string of the molecule is Cc1c(Cl)cccc1OC(F)(F)Cl. The van der Waals surface area contributed by atoms with Crippen LogP contribution >= 0.6 is 23.2 Å².